The van der Waals surface area contributed by atoms with E-state index < -0.39 is 4.92 Å². The minimum absolute atomic E-state index is 0.00181. The number of nitrogens with one attached hydrogen (secondary N) is 1. The SMILES string of the molecule is CCOc1ccc(N=C(NN=Cc2cccc([N+](=O)[O-])c2)c2ccccn2)cc1. The summed E-state index contributed by atoms with van der Waals surface area (Å²) in [4.78, 5) is 19.3. The fourth-order valence-electron chi connectivity index (χ4n) is 2.44. The van der Waals surface area contributed by atoms with Crippen molar-refractivity contribution in [2.24, 2.45) is 10.1 Å². The van der Waals surface area contributed by atoms with Crippen LogP contribution < -0.4 is 10.2 Å². The summed E-state index contributed by atoms with van der Waals surface area (Å²) in [6, 6.07) is 19.0. The molecule has 3 aromatic rings. The number of aliphatic imine (C=N–C) groups is 1. The molecular formula is C21H19N5O3. The smallest absolute Gasteiger partial charge is 0.270 e. The van der Waals surface area contributed by atoms with Gasteiger partial charge < -0.3 is 4.74 Å². The topological polar surface area (TPSA) is 102 Å². The van der Waals surface area contributed by atoms with Crippen LogP contribution in [0, 0.1) is 10.1 Å². The third-order valence-electron chi connectivity index (χ3n) is 3.76. The van der Waals surface area contributed by atoms with Crippen LogP contribution in [0.25, 0.3) is 0 Å². The number of benzene rings is 2. The van der Waals surface area contributed by atoms with E-state index in [9.17, 15) is 10.1 Å². The number of non-ortho nitro benzene ring substituents is 1. The van der Waals surface area contributed by atoms with Crippen molar-refractivity contribution in [2.45, 2.75) is 6.92 Å². The number of nitro benzene ring substituents is 1. The van der Waals surface area contributed by atoms with Gasteiger partial charge in [0.1, 0.15) is 11.4 Å². The van der Waals surface area contributed by atoms with E-state index in [0.29, 0.717) is 29.4 Å². The zero-order valence-corrected chi connectivity index (χ0v) is 15.7. The molecule has 0 aliphatic heterocycles. The fraction of sp³-hybridized carbons (Fsp3) is 0.0952. The van der Waals surface area contributed by atoms with Crippen LogP contribution in [0.1, 0.15) is 18.2 Å². The quantitative estimate of drug-likeness (QED) is 0.284. The van der Waals surface area contributed by atoms with Gasteiger partial charge in [0.2, 0.25) is 0 Å². The summed E-state index contributed by atoms with van der Waals surface area (Å²) in [7, 11) is 0. The molecule has 1 heterocycles. The molecule has 0 bridgehead atoms. The molecule has 0 fully saturated rings. The Morgan fingerprint density at radius 1 is 1.17 bits per heavy atom. The van der Waals surface area contributed by atoms with Crippen molar-refractivity contribution in [3.8, 4) is 5.75 Å². The highest BCUT2D eigenvalue weighted by atomic mass is 16.6. The van der Waals surface area contributed by atoms with Crippen molar-refractivity contribution < 1.29 is 9.66 Å². The molecule has 0 aliphatic carbocycles. The van der Waals surface area contributed by atoms with Crippen molar-refractivity contribution in [2.75, 3.05) is 6.61 Å². The molecule has 1 aromatic heterocycles. The summed E-state index contributed by atoms with van der Waals surface area (Å²) in [6.45, 7) is 2.52. The molecule has 0 amide bonds. The third-order valence-corrected chi connectivity index (χ3v) is 3.76. The molecule has 8 heteroatoms. The predicted octanol–water partition coefficient (Wildman–Crippen LogP) is 4.09. The number of rotatable bonds is 7. The zero-order valence-electron chi connectivity index (χ0n) is 15.7. The second kappa shape index (κ2) is 9.75. The Morgan fingerprint density at radius 3 is 2.69 bits per heavy atom. The van der Waals surface area contributed by atoms with Gasteiger partial charge in [-0.2, -0.15) is 5.10 Å². The Morgan fingerprint density at radius 2 is 2.00 bits per heavy atom. The first-order valence-corrected chi connectivity index (χ1v) is 8.92. The number of hydrazone groups is 1. The van der Waals surface area contributed by atoms with Crippen LogP contribution >= 0.6 is 0 Å². The van der Waals surface area contributed by atoms with E-state index >= 15 is 0 Å². The van der Waals surface area contributed by atoms with E-state index in [0.717, 1.165) is 5.75 Å². The van der Waals surface area contributed by atoms with Crippen molar-refractivity contribution >= 4 is 23.4 Å². The molecule has 2 aromatic carbocycles. The van der Waals surface area contributed by atoms with Crippen LogP contribution in [0.15, 0.2) is 83.0 Å². The highest BCUT2D eigenvalue weighted by Crippen LogP contribution is 2.19. The largest absolute Gasteiger partial charge is 0.494 e. The van der Waals surface area contributed by atoms with E-state index in [-0.39, 0.29) is 5.69 Å². The molecule has 1 N–H and O–H groups in total. The van der Waals surface area contributed by atoms with Crippen molar-refractivity contribution in [1.82, 2.24) is 10.4 Å². The second-order valence-electron chi connectivity index (χ2n) is 5.82. The molecular weight excluding hydrogens is 370 g/mol. The maximum absolute atomic E-state index is 10.9. The van der Waals surface area contributed by atoms with Crippen LogP contribution in [0.5, 0.6) is 5.75 Å². The molecule has 0 spiro atoms. The minimum Gasteiger partial charge on any atom is -0.494 e. The van der Waals surface area contributed by atoms with E-state index in [1.165, 1.54) is 18.3 Å². The highest BCUT2D eigenvalue weighted by molar-refractivity contribution is 5.99. The van der Waals surface area contributed by atoms with Gasteiger partial charge in [-0.05, 0) is 43.3 Å². The molecule has 29 heavy (non-hydrogen) atoms. The van der Waals surface area contributed by atoms with Crippen molar-refractivity contribution in [3.63, 3.8) is 0 Å². The Balaban J connectivity index is 1.83. The van der Waals surface area contributed by atoms with Gasteiger partial charge in [0.25, 0.3) is 5.69 Å². The third kappa shape index (κ3) is 5.70. The Hall–Kier alpha value is -4.07. The number of ether oxygens (including phenoxy) is 1. The summed E-state index contributed by atoms with van der Waals surface area (Å²) in [5, 5.41) is 15.1. The second-order valence-corrected chi connectivity index (χ2v) is 5.82. The lowest BCUT2D eigenvalue weighted by Crippen LogP contribution is -2.20. The van der Waals surface area contributed by atoms with Gasteiger partial charge in [0.05, 0.1) is 23.4 Å². The Labute approximate surface area is 167 Å². The van der Waals surface area contributed by atoms with Gasteiger partial charge >= 0.3 is 0 Å². The molecule has 0 aliphatic rings. The predicted molar refractivity (Wildman–Crippen MR) is 112 cm³/mol. The van der Waals surface area contributed by atoms with Crippen molar-refractivity contribution in [3.05, 3.63) is 94.3 Å². The molecule has 0 atom stereocenters. The number of hydrogen-bond acceptors (Lipinski definition) is 6. The number of amidine groups is 1. The van der Waals surface area contributed by atoms with E-state index in [1.54, 1.807) is 18.3 Å². The number of nitrogens with zero attached hydrogens (tertiary/aromatic N) is 4. The van der Waals surface area contributed by atoms with Crippen LogP contribution in [0.2, 0.25) is 0 Å². The Bertz CT molecular complexity index is 1020. The zero-order chi connectivity index (χ0) is 20.5. The average molecular weight is 389 g/mol. The summed E-state index contributed by atoms with van der Waals surface area (Å²) in [5.41, 5.74) is 4.78. The molecule has 8 nitrogen and oxygen atoms in total. The molecule has 3 rings (SSSR count). The van der Waals surface area contributed by atoms with Gasteiger partial charge in [-0.1, -0.05) is 18.2 Å². The summed E-state index contributed by atoms with van der Waals surface area (Å²) < 4.78 is 5.44. The number of nitro groups is 1. The number of aromatic nitrogens is 1. The van der Waals surface area contributed by atoms with Gasteiger partial charge in [-0.25, -0.2) is 4.99 Å². The van der Waals surface area contributed by atoms with Crippen molar-refractivity contribution in [1.29, 1.82) is 0 Å². The van der Waals surface area contributed by atoms with Crippen LogP contribution in [0.4, 0.5) is 11.4 Å². The van der Waals surface area contributed by atoms with Crippen LogP contribution in [-0.4, -0.2) is 28.6 Å². The first-order chi connectivity index (χ1) is 14.2. The maximum atomic E-state index is 10.9. The lowest BCUT2D eigenvalue weighted by molar-refractivity contribution is -0.384. The van der Waals surface area contributed by atoms with Gasteiger partial charge in [0, 0.05) is 23.9 Å². The van der Waals surface area contributed by atoms with E-state index in [4.69, 9.17) is 4.74 Å². The number of pyridine rings is 1. The Kier molecular flexibility index (Phi) is 6.62. The standard InChI is InChI=1S/C21H19N5O3/c1-2-29-19-11-9-17(10-12-19)24-21(20-8-3-4-13-22-20)25-23-15-16-6-5-7-18(14-16)26(27)28/h3-15H,2H2,1H3,(H,24,25). The lowest BCUT2D eigenvalue weighted by atomic mass is 10.2. The molecule has 0 saturated carbocycles. The monoisotopic (exact) mass is 389 g/mol. The number of hydrogen-bond donors (Lipinski definition) is 1. The minimum atomic E-state index is -0.447. The summed E-state index contributed by atoms with van der Waals surface area (Å²) in [6.07, 6.45) is 3.15. The summed E-state index contributed by atoms with van der Waals surface area (Å²) >= 11 is 0. The highest BCUT2D eigenvalue weighted by Gasteiger charge is 2.06. The van der Waals surface area contributed by atoms with Crippen LogP contribution in [-0.2, 0) is 0 Å². The average Bonchev–Trinajstić information content (AvgIpc) is 2.75. The van der Waals surface area contributed by atoms with Gasteiger partial charge in [-0.3, -0.25) is 20.5 Å². The van der Waals surface area contributed by atoms with Gasteiger partial charge in [-0.15, -0.1) is 0 Å². The van der Waals surface area contributed by atoms with E-state index in [1.807, 2.05) is 49.4 Å². The first-order valence-electron chi connectivity index (χ1n) is 8.92. The first kappa shape index (κ1) is 19.7. The van der Waals surface area contributed by atoms with Gasteiger partial charge in [0.15, 0.2) is 5.84 Å². The molecule has 0 unspecified atom stereocenters. The lowest BCUT2D eigenvalue weighted by Gasteiger charge is -2.06. The normalized spacial score (nSPS) is 11.4. The molecule has 0 saturated heterocycles. The molecule has 0 radical (unpaired) electrons. The van der Waals surface area contributed by atoms with E-state index in [2.05, 4.69) is 20.5 Å². The fourth-order valence-corrected chi connectivity index (χ4v) is 2.44. The van der Waals surface area contributed by atoms with Crippen LogP contribution in [0.3, 0.4) is 0 Å². The molecule has 146 valence electrons. The summed E-state index contributed by atoms with van der Waals surface area (Å²) in [5.74, 6) is 1.21. The maximum Gasteiger partial charge on any atom is 0.270 e.